The molecule has 0 radical (unpaired) electrons. The Morgan fingerprint density at radius 3 is 2.44 bits per heavy atom. The van der Waals surface area contributed by atoms with Crippen molar-refractivity contribution in [3.8, 4) is 11.1 Å². The van der Waals surface area contributed by atoms with Gasteiger partial charge in [0.05, 0.1) is 42.7 Å². The molecule has 2 aliphatic heterocycles. The van der Waals surface area contributed by atoms with Gasteiger partial charge in [0.15, 0.2) is 6.29 Å². The number of carbonyl (C=O) groups excluding carboxylic acids is 1. The molecular formula is C39H40N4O5. The van der Waals surface area contributed by atoms with Crippen LogP contribution in [0.5, 0.6) is 0 Å². The monoisotopic (exact) mass is 644 g/mol. The van der Waals surface area contributed by atoms with Gasteiger partial charge in [0, 0.05) is 31.1 Å². The molecule has 2 aliphatic rings. The Bertz CT molecular complexity index is 1850. The summed E-state index contributed by atoms with van der Waals surface area (Å²) in [6, 6.07) is 31.9. The summed E-state index contributed by atoms with van der Waals surface area (Å²) in [7, 11) is 0. The van der Waals surface area contributed by atoms with E-state index in [4.69, 9.17) is 9.47 Å². The average molecular weight is 645 g/mol. The first kappa shape index (κ1) is 32.1. The van der Waals surface area contributed by atoms with Crippen LogP contribution in [0.2, 0.25) is 0 Å². The van der Waals surface area contributed by atoms with Crippen molar-refractivity contribution in [3.63, 3.8) is 0 Å². The zero-order chi connectivity index (χ0) is 32.9. The summed E-state index contributed by atoms with van der Waals surface area (Å²) < 4.78 is 13.1. The predicted octanol–water partition coefficient (Wildman–Crippen LogP) is 5.72. The summed E-state index contributed by atoms with van der Waals surface area (Å²) in [6.07, 6.45) is 3.52. The van der Waals surface area contributed by atoms with E-state index >= 15 is 0 Å². The van der Waals surface area contributed by atoms with E-state index in [1.54, 1.807) is 0 Å². The second-order valence-corrected chi connectivity index (χ2v) is 12.6. The second-order valence-electron chi connectivity index (χ2n) is 12.6. The lowest BCUT2D eigenvalue weighted by atomic mass is 9.98. The minimum Gasteiger partial charge on any atom is -0.395 e. The van der Waals surface area contributed by atoms with Gasteiger partial charge in [-0.05, 0) is 65.4 Å². The summed E-state index contributed by atoms with van der Waals surface area (Å²) in [6.45, 7) is 2.22. The molecule has 0 saturated carbocycles. The van der Waals surface area contributed by atoms with Gasteiger partial charge < -0.3 is 25.0 Å². The van der Waals surface area contributed by atoms with E-state index in [2.05, 4.69) is 44.5 Å². The third-order valence-corrected chi connectivity index (χ3v) is 9.34. The van der Waals surface area contributed by atoms with Crippen LogP contribution < -0.4 is 5.32 Å². The number of hydrogen-bond donors (Lipinski definition) is 3. The van der Waals surface area contributed by atoms with Gasteiger partial charge in [0.25, 0.3) is 5.91 Å². The summed E-state index contributed by atoms with van der Waals surface area (Å²) in [5.74, 6) is -0.270. The van der Waals surface area contributed by atoms with Gasteiger partial charge in [0.2, 0.25) is 0 Å². The molecule has 1 aromatic heterocycles. The first-order chi connectivity index (χ1) is 23.6. The highest BCUT2D eigenvalue weighted by Gasteiger charge is 2.35. The van der Waals surface area contributed by atoms with Crippen LogP contribution in [-0.4, -0.2) is 62.8 Å². The van der Waals surface area contributed by atoms with E-state index < -0.39 is 6.29 Å². The SMILES string of the molecule is O=C(NCc1cccc(-c2ccc([C@H]3O[C@@H](CN4CCC[C@H]4CO)C[C@@H](c4ccc(CO)cc4)O3)cc2)c1)c1cnc2ccccc2n1. The maximum absolute atomic E-state index is 12.8. The van der Waals surface area contributed by atoms with E-state index in [9.17, 15) is 15.0 Å². The van der Waals surface area contributed by atoms with Crippen LogP contribution in [0.25, 0.3) is 22.2 Å². The predicted molar refractivity (Wildman–Crippen MR) is 183 cm³/mol. The highest BCUT2D eigenvalue weighted by molar-refractivity contribution is 5.93. The van der Waals surface area contributed by atoms with E-state index in [-0.39, 0.29) is 43.1 Å². The van der Waals surface area contributed by atoms with Gasteiger partial charge in [0.1, 0.15) is 5.69 Å². The smallest absolute Gasteiger partial charge is 0.271 e. The number of fused-ring (bicyclic) bond motifs is 1. The fraction of sp³-hybridized carbons (Fsp3) is 0.308. The topological polar surface area (TPSA) is 117 Å². The van der Waals surface area contributed by atoms with Gasteiger partial charge >= 0.3 is 0 Å². The van der Waals surface area contributed by atoms with Crippen LogP contribution in [0.3, 0.4) is 0 Å². The van der Waals surface area contributed by atoms with Gasteiger partial charge in [-0.15, -0.1) is 0 Å². The number of hydrogen-bond acceptors (Lipinski definition) is 8. The lowest BCUT2D eigenvalue weighted by molar-refractivity contribution is -0.253. The third-order valence-electron chi connectivity index (χ3n) is 9.34. The van der Waals surface area contributed by atoms with Crippen molar-refractivity contribution in [3.05, 3.63) is 131 Å². The highest BCUT2D eigenvalue weighted by Crippen LogP contribution is 2.39. The fourth-order valence-electron chi connectivity index (χ4n) is 6.67. The Morgan fingerprint density at radius 2 is 1.65 bits per heavy atom. The summed E-state index contributed by atoms with van der Waals surface area (Å²) >= 11 is 0. The molecule has 0 spiro atoms. The van der Waals surface area contributed by atoms with Crippen LogP contribution in [0, 0.1) is 0 Å². The number of rotatable bonds is 10. The lowest BCUT2D eigenvalue weighted by Gasteiger charge is -2.38. The van der Waals surface area contributed by atoms with Crippen molar-refractivity contribution in [1.29, 1.82) is 0 Å². The van der Waals surface area contributed by atoms with E-state index in [1.807, 2.05) is 72.8 Å². The molecule has 48 heavy (non-hydrogen) atoms. The summed E-state index contributed by atoms with van der Waals surface area (Å²) in [5.41, 5.74) is 7.62. The molecule has 246 valence electrons. The molecule has 0 unspecified atom stereocenters. The average Bonchev–Trinajstić information content (AvgIpc) is 3.60. The second kappa shape index (κ2) is 14.7. The molecule has 4 aromatic carbocycles. The molecule has 4 atom stereocenters. The number of likely N-dealkylation sites (tertiary alicyclic amines) is 1. The molecule has 0 bridgehead atoms. The zero-order valence-electron chi connectivity index (χ0n) is 26.7. The number of carbonyl (C=O) groups is 1. The van der Waals surface area contributed by atoms with Crippen LogP contribution >= 0.6 is 0 Å². The van der Waals surface area contributed by atoms with E-state index in [1.165, 1.54) is 6.20 Å². The highest BCUT2D eigenvalue weighted by atomic mass is 16.7. The number of aliphatic hydroxyl groups is 2. The van der Waals surface area contributed by atoms with Crippen molar-refractivity contribution < 1.29 is 24.5 Å². The molecule has 7 rings (SSSR count). The molecule has 3 N–H and O–H groups in total. The van der Waals surface area contributed by atoms with Crippen LogP contribution in [0.15, 0.2) is 103 Å². The molecule has 9 nitrogen and oxygen atoms in total. The van der Waals surface area contributed by atoms with Crippen LogP contribution in [-0.2, 0) is 22.6 Å². The van der Waals surface area contributed by atoms with Gasteiger partial charge in [-0.2, -0.15) is 0 Å². The first-order valence-corrected chi connectivity index (χ1v) is 16.6. The number of benzene rings is 4. The third kappa shape index (κ3) is 7.31. The molecule has 2 fully saturated rings. The van der Waals surface area contributed by atoms with Crippen molar-refractivity contribution >= 4 is 16.9 Å². The number of nitrogens with zero attached hydrogens (tertiary/aromatic N) is 3. The molecule has 0 aliphatic carbocycles. The van der Waals surface area contributed by atoms with Gasteiger partial charge in [-0.3, -0.25) is 14.7 Å². The van der Waals surface area contributed by atoms with Crippen LogP contribution in [0.1, 0.15) is 64.4 Å². The number of para-hydroxylation sites is 2. The number of nitrogens with one attached hydrogen (secondary N) is 1. The Balaban J connectivity index is 1.04. The fourth-order valence-corrected chi connectivity index (χ4v) is 6.67. The molecule has 3 heterocycles. The molecule has 2 saturated heterocycles. The molecule has 5 aromatic rings. The molecule has 1 amide bonds. The lowest BCUT2D eigenvalue weighted by Crippen LogP contribution is -2.42. The number of ether oxygens (including phenoxy) is 2. The standard InChI is InChI=1S/C39H40N4O5/c44-24-26-10-12-29(13-11-26)37-20-33(23-43-18-4-7-32(43)25-45)47-39(48-37)30-16-14-28(15-17-30)31-6-3-5-27(19-31)21-41-38(46)36-22-40-34-8-1-2-9-35(34)42-36/h1-3,5-6,8-17,19,22,32-33,37,39,44-45H,4,7,18,20-21,23-25H2,(H,41,46)/t32-,33+,37-,39-/m0/s1. The van der Waals surface area contributed by atoms with E-state index in [0.717, 1.165) is 64.8 Å². The summed E-state index contributed by atoms with van der Waals surface area (Å²) in [5, 5.41) is 22.4. The van der Waals surface area contributed by atoms with Crippen LogP contribution in [0.4, 0.5) is 0 Å². The molecular weight excluding hydrogens is 604 g/mol. The number of amides is 1. The van der Waals surface area contributed by atoms with Crippen molar-refractivity contribution in [2.24, 2.45) is 0 Å². The Morgan fingerprint density at radius 1 is 0.854 bits per heavy atom. The Kier molecular flexibility index (Phi) is 9.83. The van der Waals surface area contributed by atoms with Crippen molar-refractivity contribution in [2.45, 2.75) is 57.0 Å². The van der Waals surface area contributed by atoms with Crippen molar-refractivity contribution in [1.82, 2.24) is 20.2 Å². The van der Waals surface area contributed by atoms with Gasteiger partial charge in [-0.1, -0.05) is 78.9 Å². The normalized spacial score (nSPS) is 21.4. The maximum atomic E-state index is 12.8. The Hall–Kier alpha value is -4.51. The zero-order valence-corrected chi connectivity index (χ0v) is 26.7. The number of aliphatic hydroxyl groups excluding tert-OH is 2. The van der Waals surface area contributed by atoms with E-state index in [0.29, 0.717) is 18.5 Å². The molecule has 9 heteroatoms. The largest absolute Gasteiger partial charge is 0.395 e. The minimum atomic E-state index is -0.546. The number of aromatic nitrogens is 2. The van der Waals surface area contributed by atoms with Crippen molar-refractivity contribution in [2.75, 3.05) is 19.7 Å². The summed E-state index contributed by atoms with van der Waals surface area (Å²) in [4.78, 5) is 24.0. The first-order valence-electron chi connectivity index (χ1n) is 16.6. The minimum absolute atomic E-state index is 0.00207. The quantitative estimate of drug-likeness (QED) is 0.177. The maximum Gasteiger partial charge on any atom is 0.271 e. The Labute approximate surface area is 280 Å². The van der Waals surface area contributed by atoms with Gasteiger partial charge in [-0.25, -0.2) is 4.98 Å².